The van der Waals surface area contributed by atoms with E-state index in [2.05, 4.69) is 10.5 Å². The molecule has 1 aliphatic carbocycles. The summed E-state index contributed by atoms with van der Waals surface area (Å²) in [7, 11) is 0. The maximum Gasteiger partial charge on any atom is 0.264 e. The highest BCUT2D eigenvalue weighted by atomic mass is 35.5. The van der Waals surface area contributed by atoms with Crippen LogP contribution in [0.15, 0.2) is 17.3 Å². The van der Waals surface area contributed by atoms with Gasteiger partial charge >= 0.3 is 0 Å². The van der Waals surface area contributed by atoms with Crippen LogP contribution in [0.25, 0.3) is 0 Å². The molecule has 2 heterocycles. The molecule has 102 valence electrons. The molecule has 0 saturated heterocycles. The first-order valence-electron chi connectivity index (χ1n) is 6.42. The van der Waals surface area contributed by atoms with E-state index in [0.717, 1.165) is 10.6 Å². The number of carbonyl (C=O) groups excluding carboxylic acids is 1. The summed E-state index contributed by atoms with van der Waals surface area (Å²) in [5.41, 5.74) is 0.802. The molecule has 19 heavy (non-hydrogen) atoms. The van der Waals surface area contributed by atoms with Crippen LogP contribution >= 0.6 is 22.9 Å². The highest BCUT2D eigenvalue weighted by Gasteiger charge is 2.34. The number of thiophene rings is 1. The van der Waals surface area contributed by atoms with Crippen molar-refractivity contribution in [3.8, 4) is 0 Å². The molecule has 2 atom stereocenters. The maximum atomic E-state index is 12.0. The summed E-state index contributed by atoms with van der Waals surface area (Å²) in [6.07, 6.45) is 2.43. The van der Waals surface area contributed by atoms with Gasteiger partial charge in [0.15, 0.2) is 0 Å². The molecule has 0 unspecified atom stereocenters. The van der Waals surface area contributed by atoms with Gasteiger partial charge in [-0.05, 0) is 37.8 Å². The lowest BCUT2D eigenvalue weighted by atomic mass is 10.1. The van der Waals surface area contributed by atoms with Gasteiger partial charge in [-0.3, -0.25) is 4.79 Å². The molecule has 1 aromatic rings. The van der Waals surface area contributed by atoms with Crippen molar-refractivity contribution in [3.05, 3.63) is 21.3 Å². The van der Waals surface area contributed by atoms with Crippen molar-refractivity contribution in [2.24, 2.45) is 11.1 Å². The van der Waals surface area contributed by atoms with E-state index in [4.69, 9.17) is 16.4 Å². The van der Waals surface area contributed by atoms with E-state index < -0.39 is 6.10 Å². The van der Waals surface area contributed by atoms with E-state index >= 15 is 0 Å². The standard InChI is InChI=1S/C13H15ClN2O2S/c1-7(8-2-3-8)15-13(17)10-6-9(16-18-10)11-4-5-12(14)19-11/h4-5,7-8,10H,2-3,6H2,1H3,(H,15,17)/t7-,10+/m0/s1. The second-order valence-corrected chi connectivity index (χ2v) is 6.79. The summed E-state index contributed by atoms with van der Waals surface area (Å²) < 4.78 is 0.716. The molecular formula is C13H15ClN2O2S. The summed E-state index contributed by atoms with van der Waals surface area (Å²) in [5, 5.41) is 7.00. The van der Waals surface area contributed by atoms with Gasteiger partial charge in [0, 0.05) is 12.5 Å². The number of rotatable bonds is 4. The minimum Gasteiger partial charge on any atom is -0.382 e. The summed E-state index contributed by atoms with van der Waals surface area (Å²) in [6.45, 7) is 2.05. The fraction of sp³-hybridized carbons (Fsp3) is 0.538. The Bertz CT molecular complexity index is 524. The Balaban J connectivity index is 1.56. The molecule has 2 aliphatic rings. The Morgan fingerprint density at radius 1 is 1.58 bits per heavy atom. The molecule has 0 bridgehead atoms. The lowest BCUT2D eigenvalue weighted by Gasteiger charge is -2.15. The fourth-order valence-electron chi connectivity index (χ4n) is 2.16. The van der Waals surface area contributed by atoms with Crippen LogP contribution in [0.4, 0.5) is 0 Å². The molecule has 1 aliphatic heterocycles. The largest absolute Gasteiger partial charge is 0.382 e. The Morgan fingerprint density at radius 2 is 2.37 bits per heavy atom. The molecule has 0 radical (unpaired) electrons. The molecular weight excluding hydrogens is 284 g/mol. The maximum absolute atomic E-state index is 12.0. The van der Waals surface area contributed by atoms with Crippen molar-refractivity contribution in [1.29, 1.82) is 0 Å². The second-order valence-electron chi connectivity index (χ2n) is 5.07. The third kappa shape index (κ3) is 2.92. The lowest BCUT2D eigenvalue weighted by molar-refractivity contribution is -0.131. The molecule has 1 fully saturated rings. The third-order valence-corrected chi connectivity index (χ3v) is 4.80. The number of amides is 1. The molecule has 1 N–H and O–H groups in total. The predicted octanol–water partition coefficient (Wildman–Crippen LogP) is 2.81. The summed E-state index contributed by atoms with van der Waals surface area (Å²) in [5.74, 6) is 0.572. The van der Waals surface area contributed by atoms with E-state index in [1.807, 2.05) is 19.1 Å². The van der Waals surface area contributed by atoms with E-state index in [0.29, 0.717) is 16.7 Å². The molecule has 3 rings (SSSR count). The molecule has 0 aromatic carbocycles. The van der Waals surface area contributed by atoms with Gasteiger partial charge in [-0.15, -0.1) is 11.3 Å². The first kappa shape index (κ1) is 12.9. The zero-order chi connectivity index (χ0) is 13.4. The van der Waals surface area contributed by atoms with Crippen LogP contribution in [-0.2, 0) is 9.63 Å². The van der Waals surface area contributed by atoms with Crippen molar-refractivity contribution < 1.29 is 9.63 Å². The van der Waals surface area contributed by atoms with Gasteiger partial charge in [0.25, 0.3) is 5.91 Å². The molecule has 4 nitrogen and oxygen atoms in total. The van der Waals surface area contributed by atoms with Crippen molar-refractivity contribution >= 4 is 34.6 Å². The number of oxime groups is 1. The Hall–Kier alpha value is -1.07. The first-order chi connectivity index (χ1) is 9.13. The van der Waals surface area contributed by atoms with Crippen molar-refractivity contribution in [1.82, 2.24) is 5.32 Å². The first-order valence-corrected chi connectivity index (χ1v) is 7.61. The second kappa shape index (κ2) is 5.13. The summed E-state index contributed by atoms with van der Waals surface area (Å²) in [4.78, 5) is 18.2. The minimum absolute atomic E-state index is 0.0687. The van der Waals surface area contributed by atoms with Crippen LogP contribution in [-0.4, -0.2) is 23.8 Å². The molecule has 1 saturated carbocycles. The lowest BCUT2D eigenvalue weighted by Crippen LogP contribution is -2.41. The SMILES string of the molecule is C[C@H](NC(=O)[C@H]1CC(c2ccc(Cl)s2)=NO1)C1CC1. The van der Waals surface area contributed by atoms with Crippen molar-refractivity contribution in [3.63, 3.8) is 0 Å². The summed E-state index contributed by atoms with van der Waals surface area (Å²) >= 11 is 7.34. The molecule has 1 amide bonds. The fourth-order valence-corrected chi connectivity index (χ4v) is 3.20. The topological polar surface area (TPSA) is 50.7 Å². The monoisotopic (exact) mass is 298 g/mol. The normalized spacial score (nSPS) is 23.7. The van der Waals surface area contributed by atoms with Crippen LogP contribution in [0.5, 0.6) is 0 Å². The van der Waals surface area contributed by atoms with Crippen LogP contribution in [0.1, 0.15) is 31.1 Å². The zero-order valence-electron chi connectivity index (χ0n) is 10.6. The van der Waals surface area contributed by atoms with E-state index in [1.54, 1.807) is 0 Å². The molecule has 6 heteroatoms. The van der Waals surface area contributed by atoms with Gasteiger partial charge < -0.3 is 10.2 Å². The number of halogens is 1. The minimum atomic E-state index is -0.503. The molecule has 0 spiro atoms. The Labute approximate surface area is 120 Å². The van der Waals surface area contributed by atoms with Gasteiger partial charge in [0.05, 0.1) is 9.21 Å². The Kier molecular flexibility index (Phi) is 3.50. The molecule has 1 aromatic heterocycles. The Morgan fingerprint density at radius 3 is 3.00 bits per heavy atom. The highest BCUT2D eigenvalue weighted by Crippen LogP contribution is 2.32. The van der Waals surface area contributed by atoms with Gasteiger partial charge in [-0.25, -0.2) is 0 Å². The van der Waals surface area contributed by atoms with Gasteiger partial charge in [0.2, 0.25) is 6.10 Å². The number of carbonyl (C=O) groups is 1. The number of hydrogen-bond donors (Lipinski definition) is 1. The quantitative estimate of drug-likeness (QED) is 0.929. The number of hydrogen-bond acceptors (Lipinski definition) is 4. The average molecular weight is 299 g/mol. The smallest absolute Gasteiger partial charge is 0.264 e. The predicted molar refractivity (Wildman–Crippen MR) is 75.7 cm³/mol. The van der Waals surface area contributed by atoms with Gasteiger partial charge in [0.1, 0.15) is 5.71 Å². The van der Waals surface area contributed by atoms with Crippen LogP contribution < -0.4 is 5.32 Å². The van der Waals surface area contributed by atoms with Crippen LogP contribution in [0, 0.1) is 5.92 Å². The average Bonchev–Trinajstić information content (AvgIpc) is 2.95. The third-order valence-electron chi connectivity index (χ3n) is 3.52. The highest BCUT2D eigenvalue weighted by molar-refractivity contribution is 7.18. The van der Waals surface area contributed by atoms with Crippen LogP contribution in [0.2, 0.25) is 4.34 Å². The van der Waals surface area contributed by atoms with Gasteiger partial charge in [-0.1, -0.05) is 16.8 Å². The summed E-state index contributed by atoms with van der Waals surface area (Å²) in [6, 6.07) is 3.96. The van der Waals surface area contributed by atoms with E-state index in [1.165, 1.54) is 24.2 Å². The van der Waals surface area contributed by atoms with Crippen molar-refractivity contribution in [2.45, 2.75) is 38.3 Å². The number of nitrogens with zero attached hydrogens (tertiary/aromatic N) is 1. The van der Waals surface area contributed by atoms with Crippen LogP contribution in [0.3, 0.4) is 0 Å². The van der Waals surface area contributed by atoms with E-state index in [9.17, 15) is 4.79 Å². The zero-order valence-corrected chi connectivity index (χ0v) is 12.1. The van der Waals surface area contributed by atoms with Crippen molar-refractivity contribution in [2.75, 3.05) is 0 Å². The van der Waals surface area contributed by atoms with E-state index in [-0.39, 0.29) is 11.9 Å². The number of nitrogens with one attached hydrogen (secondary N) is 1. The van der Waals surface area contributed by atoms with Gasteiger partial charge in [-0.2, -0.15) is 0 Å².